The molecule has 0 unspecified atom stereocenters. The van der Waals surface area contributed by atoms with Crippen molar-refractivity contribution in [2.45, 2.75) is 0 Å². The number of carbonyl (C=O) groups is 2. The molecule has 128 valence electrons. The van der Waals surface area contributed by atoms with Crippen molar-refractivity contribution >= 4 is 28.9 Å². The third-order valence-electron chi connectivity index (χ3n) is 3.18. The minimum absolute atomic E-state index is 0.137. The molecule has 10 heteroatoms. The Bertz CT molecular complexity index is 819. The van der Waals surface area contributed by atoms with E-state index in [-0.39, 0.29) is 11.3 Å². The minimum Gasteiger partial charge on any atom is -0.480 e. The lowest BCUT2D eigenvalue weighted by molar-refractivity contribution is -0.394. The van der Waals surface area contributed by atoms with E-state index in [0.29, 0.717) is 0 Å². The minimum atomic E-state index is -1.38. The zero-order valence-electron chi connectivity index (χ0n) is 12.6. The summed E-state index contributed by atoms with van der Waals surface area (Å²) in [6.07, 6.45) is 0. The van der Waals surface area contributed by atoms with Crippen LogP contribution in [0.25, 0.3) is 0 Å². The molecule has 0 aliphatic carbocycles. The van der Waals surface area contributed by atoms with Crippen LogP contribution in [-0.4, -0.2) is 33.4 Å². The summed E-state index contributed by atoms with van der Waals surface area (Å²) >= 11 is 0. The molecule has 0 aliphatic rings. The average molecular weight is 345 g/mol. The highest BCUT2D eigenvalue weighted by molar-refractivity contribution is 6.08. The van der Waals surface area contributed by atoms with Crippen molar-refractivity contribution in [3.05, 3.63) is 74.3 Å². The lowest BCUT2D eigenvalue weighted by atomic mass is 10.1. The number of non-ortho nitro benzene ring substituents is 2. The van der Waals surface area contributed by atoms with Crippen LogP contribution in [0, 0.1) is 20.2 Å². The number of rotatable bonds is 6. The first-order valence-corrected chi connectivity index (χ1v) is 6.82. The number of carbonyl (C=O) groups excluding carboxylic acids is 1. The molecule has 0 aromatic heterocycles. The van der Waals surface area contributed by atoms with Crippen LogP contribution in [0.1, 0.15) is 10.4 Å². The van der Waals surface area contributed by atoms with Gasteiger partial charge in [-0.2, -0.15) is 0 Å². The molecule has 0 bridgehead atoms. The van der Waals surface area contributed by atoms with Crippen molar-refractivity contribution in [3.63, 3.8) is 0 Å². The van der Waals surface area contributed by atoms with Gasteiger partial charge in [0.2, 0.25) is 0 Å². The number of benzene rings is 2. The second-order valence-corrected chi connectivity index (χ2v) is 4.87. The van der Waals surface area contributed by atoms with Gasteiger partial charge in [-0.05, 0) is 12.1 Å². The molecular weight excluding hydrogens is 334 g/mol. The van der Waals surface area contributed by atoms with Crippen LogP contribution in [-0.2, 0) is 4.79 Å². The summed E-state index contributed by atoms with van der Waals surface area (Å²) in [5, 5.41) is 31.0. The van der Waals surface area contributed by atoms with Crippen molar-refractivity contribution < 1.29 is 24.5 Å². The second kappa shape index (κ2) is 7.17. The summed E-state index contributed by atoms with van der Waals surface area (Å²) in [5.41, 5.74) is -1.36. The molecule has 0 aliphatic heterocycles. The quantitative estimate of drug-likeness (QED) is 0.624. The molecule has 2 aromatic carbocycles. The van der Waals surface area contributed by atoms with E-state index in [9.17, 15) is 29.8 Å². The van der Waals surface area contributed by atoms with Crippen molar-refractivity contribution in [2.24, 2.45) is 0 Å². The molecule has 0 fully saturated rings. The first-order valence-electron chi connectivity index (χ1n) is 6.82. The molecular formula is C15H11N3O7. The van der Waals surface area contributed by atoms with E-state index in [1.54, 1.807) is 18.2 Å². The smallest absolute Gasteiger partial charge is 0.323 e. The lowest BCUT2D eigenvalue weighted by Gasteiger charge is -2.20. The molecule has 0 saturated heterocycles. The Kier molecular flexibility index (Phi) is 5.03. The Balaban J connectivity index is 2.57. The van der Waals surface area contributed by atoms with E-state index < -0.39 is 39.6 Å². The highest BCUT2D eigenvalue weighted by Gasteiger charge is 2.25. The number of nitro groups is 2. The fourth-order valence-corrected chi connectivity index (χ4v) is 2.10. The maximum Gasteiger partial charge on any atom is 0.323 e. The van der Waals surface area contributed by atoms with Crippen molar-refractivity contribution in [2.75, 3.05) is 11.4 Å². The predicted octanol–water partition coefficient (Wildman–Crippen LogP) is 2.23. The number of hydrogen-bond acceptors (Lipinski definition) is 6. The average Bonchev–Trinajstić information content (AvgIpc) is 2.59. The molecule has 0 radical (unpaired) electrons. The van der Waals surface area contributed by atoms with Gasteiger partial charge in [0.1, 0.15) is 6.54 Å². The van der Waals surface area contributed by atoms with E-state index in [0.717, 1.165) is 23.1 Å². The first-order chi connectivity index (χ1) is 11.8. The summed E-state index contributed by atoms with van der Waals surface area (Å²) in [4.78, 5) is 44.6. The maximum absolute atomic E-state index is 12.6. The van der Waals surface area contributed by atoms with Crippen LogP contribution in [0.4, 0.5) is 17.1 Å². The van der Waals surface area contributed by atoms with Crippen LogP contribution in [0.15, 0.2) is 48.5 Å². The molecule has 10 nitrogen and oxygen atoms in total. The second-order valence-electron chi connectivity index (χ2n) is 4.87. The number of amides is 1. The molecule has 2 aromatic rings. The SMILES string of the molecule is O=C(O)CN(C(=O)c1ccccc1)c1cc([N+](=O)[O-])cc([N+](=O)[O-])c1. The zero-order chi connectivity index (χ0) is 18.6. The third-order valence-corrected chi connectivity index (χ3v) is 3.18. The molecule has 1 amide bonds. The summed E-state index contributed by atoms with van der Waals surface area (Å²) in [6.45, 7) is -0.813. The first kappa shape index (κ1) is 17.5. The molecule has 0 heterocycles. The Hall–Kier alpha value is -3.82. The van der Waals surface area contributed by atoms with Crippen LogP contribution >= 0.6 is 0 Å². The highest BCUT2D eigenvalue weighted by atomic mass is 16.6. The van der Waals surface area contributed by atoms with E-state index in [2.05, 4.69) is 0 Å². The molecule has 0 saturated carbocycles. The fourth-order valence-electron chi connectivity index (χ4n) is 2.10. The number of aliphatic carboxylic acids is 1. The van der Waals surface area contributed by atoms with Crippen LogP contribution in [0.2, 0.25) is 0 Å². The Morgan fingerprint density at radius 2 is 1.48 bits per heavy atom. The summed E-state index contributed by atoms with van der Waals surface area (Å²) in [7, 11) is 0. The number of nitrogens with zero attached hydrogens (tertiary/aromatic N) is 3. The molecule has 0 spiro atoms. The molecule has 0 atom stereocenters. The Morgan fingerprint density at radius 3 is 1.92 bits per heavy atom. The third kappa shape index (κ3) is 4.13. The predicted molar refractivity (Wildman–Crippen MR) is 85.5 cm³/mol. The van der Waals surface area contributed by atoms with Gasteiger partial charge >= 0.3 is 5.97 Å². The van der Waals surface area contributed by atoms with Gasteiger partial charge in [0, 0.05) is 17.7 Å². The number of carboxylic acid groups (broad SMARTS) is 1. The summed E-state index contributed by atoms with van der Waals surface area (Å²) < 4.78 is 0. The highest BCUT2D eigenvalue weighted by Crippen LogP contribution is 2.29. The van der Waals surface area contributed by atoms with Gasteiger partial charge in [0.15, 0.2) is 0 Å². The summed E-state index contributed by atoms with van der Waals surface area (Å²) in [6, 6.07) is 10.2. The normalized spacial score (nSPS) is 10.1. The van der Waals surface area contributed by atoms with Crippen LogP contribution < -0.4 is 4.90 Å². The van der Waals surface area contributed by atoms with E-state index in [1.807, 2.05) is 0 Å². The largest absolute Gasteiger partial charge is 0.480 e. The van der Waals surface area contributed by atoms with Crippen molar-refractivity contribution in [3.8, 4) is 0 Å². The lowest BCUT2D eigenvalue weighted by Crippen LogP contribution is -2.35. The summed E-state index contributed by atoms with van der Waals surface area (Å²) in [5.74, 6) is -2.13. The van der Waals surface area contributed by atoms with Gasteiger partial charge in [0.25, 0.3) is 17.3 Å². The Morgan fingerprint density at radius 1 is 0.960 bits per heavy atom. The van der Waals surface area contributed by atoms with Gasteiger partial charge in [-0.15, -0.1) is 0 Å². The van der Waals surface area contributed by atoms with Crippen LogP contribution in [0.3, 0.4) is 0 Å². The number of anilines is 1. The fraction of sp³-hybridized carbons (Fsp3) is 0.0667. The molecule has 25 heavy (non-hydrogen) atoms. The zero-order valence-corrected chi connectivity index (χ0v) is 12.6. The van der Waals surface area contributed by atoms with Gasteiger partial charge in [0.05, 0.1) is 21.6 Å². The van der Waals surface area contributed by atoms with Gasteiger partial charge in [-0.25, -0.2) is 0 Å². The van der Waals surface area contributed by atoms with Gasteiger partial charge < -0.3 is 5.11 Å². The van der Waals surface area contributed by atoms with Crippen molar-refractivity contribution in [1.82, 2.24) is 0 Å². The topological polar surface area (TPSA) is 144 Å². The van der Waals surface area contributed by atoms with Crippen LogP contribution in [0.5, 0.6) is 0 Å². The van der Waals surface area contributed by atoms with E-state index in [1.165, 1.54) is 12.1 Å². The Labute approximate surface area is 140 Å². The molecule has 1 N–H and O–H groups in total. The number of carboxylic acids is 1. The van der Waals surface area contributed by atoms with Crippen molar-refractivity contribution in [1.29, 1.82) is 0 Å². The van der Waals surface area contributed by atoms with Gasteiger partial charge in [-0.3, -0.25) is 34.7 Å². The maximum atomic E-state index is 12.6. The van der Waals surface area contributed by atoms with E-state index in [4.69, 9.17) is 5.11 Å². The molecule has 2 rings (SSSR count). The van der Waals surface area contributed by atoms with E-state index >= 15 is 0 Å². The number of hydrogen-bond donors (Lipinski definition) is 1. The van der Waals surface area contributed by atoms with Gasteiger partial charge in [-0.1, -0.05) is 18.2 Å². The number of nitro benzene ring substituents is 2. The monoisotopic (exact) mass is 345 g/mol. The standard InChI is InChI=1S/C15H11N3O7/c19-14(20)9-16(15(21)10-4-2-1-3-5-10)11-6-12(17(22)23)8-13(7-11)18(24)25/h1-8H,9H2,(H,19,20).